The van der Waals surface area contributed by atoms with E-state index in [0.29, 0.717) is 0 Å². The molecular formula is C19H16ClNO3S2. The van der Waals surface area contributed by atoms with Crippen LogP contribution in [-0.4, -0.2) is 20.6 Å². The zero-order valence-corrected chi connectivity index (χ0v) is 16.2. The number of nitrogens with one attached hydrogen (secondary N) is 1. The molecular weight excluding hydrogens is 390 g/mol. The number of thiophene rings is 1. The molecule has 0 aliphatic rings. The predicted molar refractivity (Wildman–Crippen MR) is 105 cm³/mol. The molecule has 0 aliphatic carbocycles. The quantitative estimate of drug-likeness (QED) is 0.687. The fourth-order valence-corrected chi connectivity index (χ4v) is 4.67. The van der Waals surface area contributed by atoms with Gasteiger partial charge in [-0.15, -0.1) is 11.3 Å². The molecule has 1 N–H and O–H groups in total. The minimum absolute atomic E-state index is 0.0563. The molecule has 0 fully saturated rings. The maximum atomic E-state index is 12.8. The Bertz CT molecular complexity index is 1020. The van der Waals surface area contributed by atoms with Crippen molar-refractivity contribution in [2.75, 3.05) is 6.26 Å². The summed E-state index contributed by atoms with van der Waals surface area (Å²) in [4.78, 5) is 13.7. The van der Waals surface area contributed by atoms with E-state index in [0.717, 1.165) is 16.7 Å². The van der Waals surface area contributed by atoms with Crippen molar-refractivity contribution >= 4 is 38.7 Å². The van der Waals surface area contributed by atoms with Crippen molar-refractivity contribution in [1.29, 1.82) is 0 Å². The highest BCUT2D eigenvalue weighted by atomic mass is 35.5. The van der Waals surface area contributed by atoms with Gasteiger partial charge in [-0.25, -0.2) is 8.42 Å². The highest BCUT2D eigenvalue weighted by Crippen LogP contribution is 2.27. The number of amides is 1. The third-order valence-corrected chi connectivity index (χ3v) is 6.34. The highest BCUT2D eigenvalue weighted by Gasteiger charge is 2.21. The number of hydrogen-bond acceptors (Lipinski definition) is 4. The third kappa shape index (κ3) is 4.15. The summed E-state index contributed by atoms with van der Waals surface area (Å²) in [7, 11) is -3.52. The van der Waals surface area contributed by atoms with Crippen LogP contribution < -0.4 is 5.32 Å². The average Bonchev–Trinajstić information content (AvgIpc) is 3.14. The van der Waals surface area contributed by atoms with Gasteiger partial charge in [0.2, 0.25) is 0 Å². The molecule has 1 amide bonds. The molecule has 3 aromatic rings. The van der Waals surface area contributed by atoms with E-state index in [1.165, 1.54) is 18.2 Å². The maximum Gasteiger partial charge on any atom is 0.252 e. The number of sulfone groups is 1. The first kappa shape index (κ1) is 18.6. The van der Waals surface area contributed by atoms with E-state index in [1.54, 1.807) is 11.3 Å². The highest BCUT2D eigenvalue weighted by molar-refractivity contribution is 7.90. The van der Waals surface area contributed by atoms with Gasteiger partial charge < -0.3 is 5.32 Å². The number of benzene rings is 2. The van der Waals surface area contributed by atoms with E-state index in [1.807, 2.05) is 47.8 Å². The second-order valence-electron chi connectivity index (χ2n) is 5.75. The van der Waals surface area contributed by atoms with Crippen LogP contribution in [0.4, 0.5) is 0 Å². The number of carbonyl (C=O) groups is 1. The molecule has 1 unspecified atom stereocenters. The molecule has 3 rings (SSSR count). The van der Waals surface area contributed by atoms with E-state index in [9.17, 15) is 13.2 Å². The van der Waals surface area contributed by atoms with Crippen LogP contribution in [0.1, 0.15) is 26.8 Å². The van der Waals surface area contributed by atoms with Gasteiger partial charge in [-0.1, -0.05) is 48.0 Å². The molecule has 1 aromatic heterocycles. The first-order valence-electron chi connectivity index (χ1n) is 7.75. The molecule has 0 spiro atoms. The minimum atomic E-state index is -3.52. The Labute approximate surface area is 161 Å². The van der Waals surface area contributed by atoms with Crippen molar-refractivity contribution in [2.24, 2.45) is 0 Å². The zero-order valence-electron chi connectivity index (χ0n) is 13.8. The van der Waals surface area contributed by atoms with Gasteiger partial charge in [-0.2, -0.15) is 0 Å². The Kier molecular flexibility index (Phi) is 5.46. The summed E-state index contributed by atoms with van der Waals surface area (Å²) in [5, 5.41) is 5.03. The molecule has 0 saturated carbocycles. The summed E-state index contributed by atoms with van der Waals surface area (Å²) in [6.07, 6.45) is 1.06. The summed E-state index contributed by atoms with van der Waals surface area (Å²) in [5.41, 5.74) is 1.19. The lowest BCUT2D eigenvalue weighted by molar-refractivity contribution is 0.0943. The van der Waals surface area contributed by atoms with Crippen molar-refractivity contribution in [2.45, 2.75) is 10.9 Å². The lowest BCUT2D eigenvalue weighted by Crippen LogP contribution is -2.29. The zero-order chi connectivity index (χ0) is 18.7. The molecule has 7 heteroatoms. The van der Waals surface area contributed by atoms with Gasteiger partial charge in [0.15, 0.2) is 9.84 Å². The van der Waals surface area contributed by atoms with E-state index >= 15 is 0 Å². The Morgan fingerprint density at radius 3 is 2.42 bits per heavy atom. The monoisotopic (exact) mass is 405 g/mol. The summed E-state index contributed by atoms with van der Waals surface area (Å²) in [6.45, 7) is 0. The van der Waals surface area contributed by atoms with Crippen molar-refractivity contribution < 1.29 is 13.2 Å². The molecule has 1 atom stereocenters. The van der Waals surface area contributed by atoms with Crippen LogP contribution >= 0.6 is 22.9 Å². The fourth-order valence-electron chi connectivity index (χ4n) is 2.56. The smallest absolute Gasteiger partial charge is 0.252 e. The van der Waals surface area contributed by atoms with Crippen LogP contribution in [0, 0.1) is 0 Å². The maximum absolute atomic E-state index is 12.8. The molecule has 4 nitrogen and oxygen atoms in total. The van der Waals surface area contributed by atoms with Crippen LogP contribution in [-0.2, 0) is 9.84 Å². The third-order valence-electron chi connectivity index (χ3n) is 3.83. The number of halogens is 1. The van der Waals surface area contributed by atoms with Crippen molar-refractivity contribution in [3.63, 3.8) is 0 Å². The predicted octanol–water partition coefficient (Wildman–Crippen LogP) is 4.32. The van der Waals surface area contributed by atoms with Crippen molar-refractivity contribution in [3.8, 4) is 0 Å². The summed E-state index contributed by atoms with van der Waals surface area (Å²) >= 11 is 7.50. The molecule has 0 saturated heterocycles. The second-order valence-corrected chi connectivity index (χ2v) is 9.12. The van der Waals surface area contributed by atoms with Crippen LogP contribution in [0.15, 0.2) is 70.9 Å². The molecule has 2 aromatic carbocycles. The van der Waals surface area contributed by atoms with E-state index in [-0.39, 0.29) is 27.4 Å². The van der Waals surface area contributed by atoms with E-state index in [4.69, 9.17) is 11.6 Å². The number of rotatable bonds is 5. The first-order chi connectivity index (χ1) is 12.4. The van der Waals surface area contributed by atoms with Gasteiger partial charge in [0, 0.05) is 16.7 Å². The summed E-state index contributed by atoms with van der Waals surface area (Å²) in [6, 6.07) is 17.4. The number of hydrogen-bond donors (Lipinski definition) is 1. The molecule has 26 heavy (non-hydrogen) atoms. The molecule has 134 valence electrons. The summed E-state index contributed by atoms with van der Waals surface area (Å²) < 4.78 is 23.7. The van der Waals surface area contributed by atoms with Gasteiger partial charge in [-0.3, -0.25) is 4.79 Å². The minimum Gasteiger partial charge on any atom is -0.340 e. The van der Waals surface area contributed by atoms with Gasteiger partial charge in [-0.05, 0) is 35.2 Å². The molecule has 1 heterocycles. The lowest BCUT2D eigenvalue weighted by Gasteiger charge is -2.18. The van der Waals surface area contributed by atoms with Crippen LogP contribution in [0.3, 0.4) is 0 Å². The van der Waals surface area contributed by atoms with Crippen LogP contribution in [0.25, 0.3) is 0 Å². The lowest BCUT2D eigenvalue weighted by atomic mass is 10.0. The van der Waals surface area contributed by atoms with E-state index in [2.05, 4.69) is 5.32 Å². The SMILES string of the molecule is CS(=O)(=O)c1cc(C(=O)NC(c2ccccc2)c2cccs2)ccc1Cl. The second kappa shape index (κ2) is 7.61. The Hall–Kier alpha value is -2.15. The normalized spacial score (nSPS) is 12.5. The first-order valence-corrected chi connectivity index (χ1v) is 10.9. The standard InChI is InChI=1S/C19H16ClNO3S2/c1-26(23,24)17-12-14(9-10-15(17)20)19(22)21-18(16-8-5-11-25-16)13-6-3-2-4-7-13/h2-12,18H,1H3,(H,21,22). The molecule has 0 aliphatic heterocycles. The Balaban J connectivity index is 1.94. The molecule has 0 radical (unpaired) electrons. The van der Waals surface area contributed by atoms with Gasteiger partial charge >= 0.3 is 0 Å². The average molecular weight is 406 g/mol. The molecule has 0 bridgehead atoms. The largest absolute Gasteiger partial charge is 0.340 e. The Morgan fingerprint density at radius 2 is 1.81 bits per heavy atom. The van der Waals surface area contributed by atoms with Crippen molar-refractivity contribution in [1.82, 2.24) is 5.32 Å². The van der Waals surface area contributed by atoms with Gasteiger partial charge in [0.05, 0.1) is 16.0 Å². The number of carbonyl (C=O) groups excluding carboxylic acids is 1. The van der Waals surface area contributed by atoms with E-state index < -0.39 is 9.84 Å². The van der Waals surface area contributed by atoms with Crippen LogP contribution in [0.5, 0.6) is 0 Å². The summed E-state index contributed by atoms with van der Waals surface area (Å²) in [5.74, 6) is -0.367. The van der Waals surface area contributed by atoms with Crippen molar-refractivity contribution in [3.05, 3.63) is 87.1 Å². The topological polar surface area (TPSA) is 63.2 Å². The fraction of sp³-hybridized carbons (Fsp3) is 0.105. The van der Waals surface area contributed by atoms with Gasteiger partial charge in [0.1, 0.15) is 0 Å². The van der Waals surface area contributed by atoms with Gasteiger partial charge in [0.25, 0.3) is 5.91 Å². The Morgan fingerprint density at radius 1 is 1.08 bits per heavy atom. The van der Waals surface area contributed by atoms with Crippen LogP contribution in [0.2, 0.25) is 5.02 Å².